The van der Waals surface area contributed by atoms with Crippen molar-refractivity contribution in [1.82, 2.24) is 0 Å². The molecule has 2 heterocycles. The van der Waals surface area contributed by atoms with Crippen molar-refractivity contribution in [1.29, 1.82) is 0 Å². The van der Waals surface area contributed by atoms with Crippen LogP contribution >= 0.6 is 0 Å². The molecule has 0 saturated carbocycles. The molecule has 0 radical (unpaired) electrons. The van der Waals surface area contributed by atoms with Crippen molar-refractivity contribution in [2.24, 2.45) is 5.92 Å². The highest BCUT2D eigenvalue weighted by atomic mass is 19.2. The van der Waals surface area contributed by atoms with E-state index in [-0.39, 0.29) is 17.6 Å². The molecule has 2 aromatic rings. The monoisotopic (exact) mass is 347 g/mol. The standard InChI is InChI=1S/C20H20F3NO/c1-10(2)11-3-4-18-14(7-11)20-12(5-6-25-20)19(24-18)13-8-16(22)17(23)9-15(13)21/h3-4,7-10,12,19-20,24H,5-6H2,1-2H3. The van der Waals surface area contributed by atoms with Gasteiger partial charge in [-0.25, -0.2) is 13.2 Å². The largest absolute Gasteiger partial charge is 0.377 e. The number of hydrogen-bond acceptors (Lipinski definition) is 2. The Morgan fingerprint density at radius 1 is 1.00 bits per heavy atom. The van der Waals surface area contributed by atoms with Crippen LogP contribution < -0.4 is 5.32 Å². The van der Waals surface area contributed by atoms with E-state index in [4.69, 9.17) is 4.74 Å². The molecule has 132 valence electrons. The molecule has 1 saturated heterocycles. The second kappa shape index (κ2) is 6.06. The van der Waals surface area contributed by atoms with Crippen molar-refractivity contribution in [3.63, 3.8) is 0 Å². The van der Waals surface area contributed by atoms with E-state index in [2.05, 4.69) is 25.2 Å². The van der Waals surface area contributed by atoms with Crippen LogP contribution in [0.3, 0.4) is 0 Å². The van der Waals surface area contributed by atoms with E-state index < -0.39 is 23.5 Å². The maximum atomic E-state index is 14.3. The summed E-state index contributed by atoms with van der Waals surface area (Å²) in [6.45, 7) is 4.83. The molecule has 2 nitrogen and oxygen atoms in total. The van der Waals surface area contributed by atoms with E-state index in [1.54, 1.807) is 0 Å². The molecule has 0 aromatic heterocycles. The third-order valence-corrected chi connectivity index (χ3v) is 5.30. The summed E-state index contributed by atoms with van der Waals surface area (Å²) in [5, 5.41) is 3.33. The molecule has 4 rings (SSSR count). The molecular formula is C20H20F3NO. The van der Waals surface area contributed by atoms with Crippen molar-refractivity contribution in [2.45, 2.75) is 38.3 Å². The van der Waals surface area contributed by atoms with Crippen molar-refractivity contribution < 1.29 is 17.9 Å². The molecule has 0 spiro atoms. The minimum absolute atomic E-state index is 0.0192. The van der Waals surface area contributed by atoms with Crippen LogP contribution in [0.25, 0.3) is 0 Å². The van der Waals surface area contributed by atoms with Gasteiger partial charge in [-0.1, -0.05) is 26.0 Å². The van der Waals surface area contributed by atoms with Gasteiger partial charge in [0.25, 0.3) is 0 Å². The van der Waals surface area contributed by atoms with Gasteiger partial charge in [0.2, 0.25) is 0 Å². The van der Waals surface area contributed by atoms with Crippen molar-refractivity contribution in [2.75, 3.05) is 11.9 Å². The van der Waals surface area contributed by atoms with Gasteiger partial charge in [-0.15, -0.1) is 0 Å². The average molecular weight is 347 g/mol. The van der Waals surface area contributed by atoms with E-state index in [1.165, 1.54) is 5.56 Å². The van der Waals surface area contributed by atoms with Crippen LogP contribution in [-0.4, -0.2) is 6.61 Å². The quantitative estimate of drug-likeness (QED) is 0.727. The third kappa shape index (κ3) is 2.71. The van der Waals surface area contributed by atoms with Gasteiger partial charge in [-0.05, 0) is 30.0 Å². The zero-order valence-corrected chi connectivity index (χ0v) is 14.2. The van der Waals surface area contributed by atoms with Crippen molar-refractivity contribution in [3.05, 3.63) is 64.5 Å². The number of hydrogen-bond donors (Lipinski definition) is 1. The Labute approximate surface area is 145 Å². The van der Waals surface area contributed by atoms with Gasteiger partial charge in [0.15, 0.2) is 11.6 Å². The second-order valence-electron chi connectivity index (χ2n) is 7.16. The summed E-state index contributed by atoms with van der Waals surface area (Å²) in [5.74, 6) is -2.56. The van der Waals surface area contributed by atoms with Crippen molar-refractivity contribution in [3.8, 4) is 0 Å². The molecule has 0 bridgehead atoms. The lowest BCUT2D eigenvalue weighted by Gasteiger charge is -2.37. The lowest BCUT2D eigenvalue weighted by molar-refractivity contribution is 0.0825. The molecule has 25 heavy (non-hydrogen) atoms. The van der Waals surface area contributed by atoms with Crippen LogP contribution in [0.2, 0.25) is 0 Å². The molecule has 3 atom stereocenters. The minimum Gasteiger partial charge on any atom is -0.377 e. The fourth-order valence-corrected chi connectivity index (χ4v) is 3.93. The van der Waals surface area contributed by atoms with Crippen molar-refractivity contribution >= 4 is 5.69 Å². The predicted octanol–water partition coefficient (Wildman–Crippen LogP) is 5.47. The summed E-state index contributed by atoms with van der Waals surface area (Å²) >= 11 is 0. The Kier molecular flexibility index (Phi) is 3.99. The van der Waals surface area contributed by atoms with Gasteiger partial charge in [-0.3, -0.25) is 0 Å². The molecule has 2 aliphatic heterocycles. The summed E-state index contributed by atoms with van der Waals surface area (Å²) in [5.41, 5.74) is 3.29. The van der Waals surface area contributed by atoms with E-state index in [0.29, 0.717) is 18.6 Å². The first-order valence-corrected chi connectivity index (χ1v) is 8.62. The van der Waals surface area contributed by atoms with Gasteiger partial charge < -0.3 is 10.1 Å². The van der Waals surface area contributed by atoms with Crippen LogP contribution in [0.1, 0.15) is 55.0 Å². The Bertz CT molecular complexity index is 821. The fourth-order valence-electron chi connectivity index (χ4n) is 3.93. The molecule has 2 aliphatic rings. The third-order valence-electron chi connectivity index (χ3n) is 5.30. The first-order chi connectivity index (χ1) is 12.0. The minimum atomic E-state index is -1.17. The maximum absolute atomic E-state index is 14.3. The number of ether oxygens (including phenoxy) is 1. The summed E-state index contributed by atoms with van der Waals surface area (Å²) < 4.78 is 47.3. The lowest BCUT2D eigenvalue weighted by Crippen LogP contribution is -2.30. The van der Waals surface area contributed by atoms with E-state index in [9.17, 15) is 13.2 Å². The average Bonchev–Trinajstić information content (AvgIpc) is 3.07. The first kappa shape index (κ1) is 16.5. The fraction of sp³-hybridized carbons (Fsp3) is 0.400. The molecule has 0 amide bonds. The summed E-state index contributed by atoms with van der Waals surface area (Å²) in [4.78, 5) is 0. The van der Waals surface area contributed by atoms with Crippen LogP contribution in [0.15, 0.2) is 30.3 Å². The van der Waals surface area contributed by atoms with Gasteiger partial charge in [0.05, 0.1) is 12.1 Å². The Morgan fingerprint density at radius 2 is 1.76 bits per heavy atom. The van der Waals surface area contributed by atoms with Crippen LogP contribution in [0.5, 0.6) is 0 Å². The number of anilines is 1. The molecule has 1 N–H and O–H groups in total. The van der Waals surface area contributed by atoms with E-state index >= 15 is 0 Å². The van der Waals surface area contributed by atoms with Gasteiger partial charge in [0.1, 0.15) is 5.82 Å². The number of fused-ring (bicyclic) bond motifs is 3. The van der Waals surface area contributed by atoms with Gasteiger partial charge in [0, 0.05) is 35.4 Å². The SMILES string of the molecule is CC(C)c1ccc2c(c1)C1OCCC1C(c1cc(F)c(F)cc1F)N2. The number of benzene rings is 2. The smallest absolute Gasteiger partial charge is 0.161 e. The highest BCUT2D eigenvalue weighted by Crippen LogP contribution is 2.50. The molecule has 5 heteroatoms. The molecular weight excluding hydrogens is 327 g/mol. The maximum Gasteiger partial charge on any atom is 0.161 e. The molecule has 2 aromatic carbocycles. The summed E-state index contributed by atoms with van der Waals surface area (Å²) in [6, 6.07) is 7.27. The topological polar surface area (TPSA) is 21.3 Å². The van der Waals surface area contributed by atoms with Crippen LogP contribution in [0.4, 0.5) is 18.9 Å². The Hall–Kier alpha value is -2.01. The molecule has 0 aliphatic carbocycles. The van der Waals surface area contributed by atoms with Crippen LogP contribution in [-0.2, 0) is 4.74 Å². The van der Waals surface area contributed by atoms with Gasteiger partial charge in [-0.2, -0.15) is 0 Å². The second-order valence-corrected chi connectivity index (χ2v) is 7.16. The van der Waals surface area contributed by atoms with Gasteiger partial charge >= 0.3 is 0 Å². The number of rotatable bonds is 2. The lowest BCUT2D eigenvalue weighted by atomic mass is 9.80. The summed E-state index contributed by atoms with van der Waals surface area (Å²) in [6.07, 6.45) is 0.582. The summed E-state index contributed by atoms with van der Waals surface area (Å²) in [7, 11) is 0. The predicted molar refractivity (Wildman–Crippen MR) is 90.0 cm³/mol. The van der Waals surface area contributed by atoms with Crippen LogP contribution in [0, 0.1) is 23.4 Å². The zero-order chi connectivity index (χ0) is 17.7. The highest BCUT2D eigenvalue weighted by Gasteiger charge is 2.42. The Morgan fingerprint density at radius 3 is 2.52 bits per heavy atom. The first-order valence-electron chi connectivity index (χ1n) is 8.62. The normalized spacial score (nSPS) is 24.8. The van der Waals surface area contributed by atoms with E-state index in [1.807, 2.05) is 12.1 Å². The Balaban J connectivity index is 1.79. The zero-order valence-electron chi connectivity index (χ0n) is 14.2. The highest BCUT2D eigenvalue weighted by molar-refractivity contribution is 5.59. The number of nitrogens with one attached hydrogen (secondary N) is 1. The number of halogens is 3. The molecule has 3 unspecified atom stereocenters. The van der Waals surface area contributed by atoms with E-state index in [0.717, 1.165) is 23.7 Å². The molecule has 1 fully saturated rings.